The van der Waals surface area contributed by atoms with Gasteiger partial charge in [-0.25, -0.2) is 4.98 Å². The van der Waals surface area contributed by atoms with Crippen molar-refractivity contribution < 1.29 is 13.7 Å². The molecule has 0 saturated carbocycles. The average molecular weight is 503 g/mol. The van der Waals surface area contributed by atoms with Crippen molar-refractivity contribution in [2.45, 2.75) is 38.9 Å². The average Bonchev–Trinajstić information content (AvgIpc) is 3.55. The minimum Gasteiger partial charge on any atom is -0.435 e. The molecule has 6 aromatic rings. The summed E-state index contributed by atoms with van der Waals surface area (Å²) in [7, 11) is -0.411. The van der Waals surface area contributed by atoms with E-state index in [1.54, 1.807) is 11.3 Å². The van der Waals surface area contributed by atoms with Crippen molar-refractivity contribution in [3.05, 3.63) is 84.9 Å². The molecule has 2 aromatic heterocycles. The highest BCUT2D eigenvalue weighted by Crippen LogP contribution is 2.41. The first-order valence-corrected chi connectivity index (χ1v) is 13.4. The maximum Gasteiger partial charge on any atom is 0.496 e. The SMILES string of the molecule is CC1(C)OB(c2cccc3c2sc2ccc4nc(-c5ccc(-c6ccccc6)cc5)oc4c23)OC1(C)C. The van der Waals surface area contributed by atoms with E-state index >= 15 is 0 Å². The Hall–Kier alpha value is -3.45. The second-order valence-electron chi connectivity index (χ2n) is 10.7. The Morgan fingerprint density at radius 3 is 2.11 bits per heavy atom. The number of hydrogen-bond donors (Lipinski definition) is 0. The summed E-state index contributed by atoms with van der Waals surface area (Å²) in [6.07, 6.45) is 0. The predicted molar refractivity (Wildman–Crippen MR) is 153 cm³/mol. The molecule has 0 unspecified atom stereocenters. The van der Waals surface area contributed by atoms with Crippen LogP contribution in [0.3, 0.4) is 0 Å². The Balaban J connectivity index is 1.33. The molecule has 0 atom stereocenters. The zero-order valence-corrected chi connectivity index (χ0v) is 22.1. The maximum absolute atomic E-state index is 6.44. The molecule has 1 aliphatic heterocycles. The van der Waals surface area contributed by atoms with Crippen molar-refractivity contribution in [2.75, 3.05) is 0 Å². The molecule has 1 saturated heterocycles. The van der Waals surface area contributed by atoms with Gasteiger partial charge in [-0.05, 0) is 63.1 Å². The Morgan fingerprint density at radius 2 is 1.38 bits per heavy atom. The van der Waals surface area contributed by atoms with Crippen LogP contribution in [0.15, 0.2) is 89.3 Å². The Bertz CT molecular complexity index is 1770. The lowest BCUT2D eigenvalue weighted by molar-refractivity contribution is 0.00578. The molecule has 37 heavy (non-hydrogen) atoms. The molecular formula is C31H26BNO3S. The highest BCUT2D eigenvalue weighted by Gasteiger charge is 2.52. The van der Waals surface area contributed by atoms with E-state index in [2.05, 4.69) is 100 Å². The van der Waals surface area contributed by atoms with Crippen LogP contribution in [-0.4, -0.2) is 23.3 Å². The fourth-order valence-corrected chi connectivity index (χ4v) is 6.23. The second-order valence-corrected chi connectivity index (χ2v) is 11.7. The lowest BCUT2D eigenvalue weighted by atomic mass is 9.78. The number of aromatic nitrogens is 1. The zero-order valence-electron chi connectivity index (χ0n) is 21.2. The van der Waals surface area contributed by atoms with E-state index in [9.17, 15) is 0 Å². The molecule has 0 radical (unpaired) electrons. The first-order chi connectivity index (χ1) is 17.8. The Morgan fingerprint density at radius 1 is 0.703 bits per heavy atom. The molecule has 0 aliphatic carbocycles. The molecule has 0 bridgehead atoms. The normalized spacial score (nSPS) is 16.8. The summed E-state index contributed by atoms with van der Waals surface area (Å²) in [6.45, 7) is 8.35. The van der Waals surface area contributed by atoms with Crippen LogP contribution in [-0.2, 0) is 9.31 Å². The summed E-state index contributed by atoms with van der Waals surface area (Å²) in [5.74, 6) is 0.628. The monoisotopic (exact) mass is 503 g/mol. The lowest BCUT2D eigenvalue weighted by Gasteiger charge is -2.32. The first-order valence-electron chi connectivity index (χ1n) is 12.6. The molecule has 182 valence electrons. The van der Waals surface area contributed by atoms with Gasteiger partial charge in [-0.3, -0.25) is 0 Å². The van der Waals surface area contributed by atoms with Crippen LogP contribution in [0.4, 0.5) is 0 Å². The fourth-order valence-electron chi connectivity index (χ4n) is 5.00. The quantitative estimate of drug-likeness (QED) is 0.231. The van der Waals surface area contributed by atoms with Crippen LogP contribution < -0.4 is 5.46 Å². The molecule has 7 rings (SSSR count). The van der Waals surface area contributed by atoms with Gasteiger partial charge in [0.2, 0.25) is 5.89 Å². The Labute approximate surface area is 220 Å². The van der Waals surface area contributed by atoms with Crippen molar-refractivity contribution in [3.63, 3.8) is 0 Å². The van der Waals surface area contributed by atoms with Crippen LogP contribution in [0.25, 0.3) is 53.9 Å². The topological polar surface area (TPSA) is 44.5 Å². The number of hydrogen-bond acceptors (Lipinski definition) is 5. The smallest absolute Gasteiger partial charge is 0.435 e. The number of rotatable bonds is 3. The number of nitrogens with zero attached hydrogens (tertiary/aromatic N) is 1. The van der Waals surface area contributed by atoms with E-state index in [0.29, 0.717) is 5.89 Å². The summed E-state index contributed by atoms with van der Waals surface area (Å²) in [4.78, 5) is 4.85. The van der Waals surface area contributed by atoms with Gasteiger partial charge in [-0.2, -0.15) is 0 Å². The van der Waals surface area contributed by atoms with Crippen molar-refractivity contribution in [2.24, 2.45) is 0 Å². The molecule has 3 heterocycles. The summed E-state index contributed by atoms with van der Waals surface area (Å²) in [5, 5.41) is 2.23. The second kappa shape index (κ2) is 8.03. The van der Waals surface area contributed by atoms with E-state index in [4.69, 9.17) is 18.7 Å². The number of thiophene rings is 1. The first kappa shape index (κ1) is 22.7. The molecule has 4 aromatic carbocycles. The molecule has 0 N–H and O–H groups in total. The standard InChI is InChI=1S/C31H26BNO3S/c1-30(2)31(3,4)36-32(35-30)23-12-8-11-22-26-25(37-28(22)23)18-17-24-27(26)34-29(33-24)21-15-13-20(14-16-21)19-9-6-5-7-10-19/h5-18H,1-4H3. The van der Waals surface area contributed by atoms with Gasteiger partial charge in [-0.15, -0.1) is 11.3 Å². The third kappa shape index (κ3) is 3.55. The van der Waals surface area contributed by atoms with E-state index < -0.39 is 7.12 Å². The van der Waals surface area contributed by atoms with Gasteiger partial charge in [0.15, 0.2) is 5.58 Å². The van der Waals surface area contributed by atoms with Crippen molar-refractivity contribution >= 4 is 55.2 Å². The summed E-state index contributed by atoms with van der Waals surface area (Å²) < 4.78 is 21.6. The van der Waals surface area contributed by atoms with Crippen LogP contribution in [0.2, 0.25) is 0 Å². The number of fused-ring (bicyclic) bond motifs is 5. The van der Waals surface area contributed by atoms with Crippen LogP contribution >= 0.6 is 11.3 Å². The van der Waals surface area contributed by atoms with E-state index in [1.165, 1.54) is 11.1 Å². The van der Waals surface area contributed by atoms with Crippen molar-refractivity contribution in [3.8, 4) is 22.6 Å². The highest BCUT2D eigenvalue weighted by atomic mass is 32.1. The fraction of sp³-hybridized carbons (Fsp3) is 0.194. The van der Waals surface area contributed by atoms with Crippen molar-refractivity contribution in [1.29, 1.82) is 0 Å². The lowest BCUT2D eigenvalue weighted by Crippen LogP contribution is -2.41. The largest absolute Gasteiger partial charge is 0.496 e. The summed E-state index contributed by atoms with van der Waals surface area (Å²) in [6, 6.07) is 29.3. The molecule has 0 spiro atoms. The van der Waals surface area contributed by atoms with Gasteiger partial charge in [0, 0.05) is 31.2 Å². The number of oxazole rings is 1. The van der Waals surface area contributed by atoms with Gasteiger partial charge in [0.1, 0.15) is 5.52 Å². The van der Waals surface area contributed by atoms with Crippen LogP contribution in [0.5, 0.6) is 0 Å². The molecule has 1 aliphatic rings. The van der Waals surface area contributed by atoms with E-state index in [1.807, 2.05) is 12.1 Å². The Kier molecular flexibility index (Phi) is 4.93. The van der Waals surface area contributed by atoms with Gasteiger partial charge >= 0.3 is 7.12 Å². The van der Waals surface area contributed by atoms with Crippen LogP contribution in [0, 0.1) is 0 Å². The van der Waals surface area contributed by atoms with Gasteiger partial charge in [0.25, 0.3) is 0 Å². The third-order valence-electron chi connectivity index (χ3n) is 7.79. The molecule has 1 fully saturated rings. The highest BCUT2D eigenvalue weighted by molar-refractivity contribution is 7.27. The molecular weight excluding hydrogens is 477 g/mol. The van der Waals surface area contributed by atoms with Gasteiger partial charge in [-0.1, -0.05) is 60.7 Å². The van der Waals surface area contributed by atoms with E-state index in [-0.39, 0.29) is 11.2 Å². The van der Waals surface area contributed by atoms with E-state index in [0.717, 1.165) is 42.3 Å². The maximum atomic E-state index is 6.44. The van der Waals surface area contributed by atoms with Crippen LogP contribution in [0.1, 0.15) is 27.7 Å². The minimum atomic E-state index is -0.411. The summed E-state index contributed by atoms with van der Waals surface area (Å²) >= 11 is 1.75. The third-order valence-corrected chi connectivity index (χ3v) is 9.01. The van der Waals surface area contributed by atoms with Gasteiger partial charge < -0.3 is 13.7 Å². The molecule has 6 heteroatoms. The summed E-state index contributed by atoms with van der Waals surface area (Å²) in [5.41, 5.74) is 5.27. The van der Waals surface area contributed by atoms with Crippen molar-refractivity contribution in [1.82, 2.24) is 4.98 Å². The molecule has 0 amide bonds. The van der Waals surface area contributed by atoms with Gasteiger partial charge in [0.05, 0.1) is 11.2 Å². The zero-order chi connectivity index (χ0) is 25.4. The molecule has 4 nitrogen and oxygen atoms in total. The minimum absolute atomic E-state index is 0.389. The number of benzene rings is 4. The predicted octanol–water partition coefficient (Wildman–Crippen LogP) is 7.83.